The third-order valence-electron chi connectivity index (χ3n) is 5.43. The van der Waals surface area contributed by atoms with Crippen LogP contribution in [0.3, 0.4) is 0 Å². The van der Waals surface area contributed by atoms with Gasteiger partial charge in [-0.25, -0.2) is 0 Å². The van der Waals surface area contributed by atoms with Gasteiger partial charge in [-0.15, -0.1) is 0 Å². The summed E-state index contributed by atoms with van der Waals surface area (Å²) in [7, 11) is 2.94. The van der Waals surface area contributed by atoms with Crippen molar-refractivity contribution in [3.63, 3.8) is 0 Å². The fourth-order valence-electron chi connectivity index (χ4n) is 3.80. The molecule has 188 valence electrons. The molecule has 0 saturated heterocycles. The number of aryl methyl sites for hydroxylation is 2. The predicted octanol–water partition coefficient (Wildman–Crippen LogP) is 4.62. The minimum atomic E-state index is -1.75. The molecule has 0 aliphatic carbocycles. The van der Waals surface area contributed by atoms with Crippen molar-refractivity contribution in [2.45, 2.75) is 0 Å². The zero-order chi connectivity index (χ0) is 25.2. The summed E-state index contributed by atoms with van der Waals surface area (Å²) in [6, 6.07) is 40.5. The van der Waals surface area contributed by atoms with Gasteiger partial charge in [-0.2, -0.15) is 0 Å². The van der Waals surface area contributed by atoms with E-state index in [0.29, 0.717) is 5.95 Å². The van der Waals surface area contributed by atoms with Gasteiger partial charge in [0.15, 0.2) is 0 Å². The van der Waals surface area contributed by atoms with Crippen molar-refractivity contribution in [1.82, 2.24) is 4.57 Å². The van der Waals surface area contributed by atoms with E-state index in [2.05, 4.69) is 91.0 Å². The number of hydrogen-bond donors (Lipinski definition) is 0. The first-order valence-corrected chi connectivity index (χ1v) is 12.4. The minimum Gasteiger partial charge on any atom is -0.356 e. The Kier molecular flexibility index (Phi) is 11.3. The van der Waals surface area contributed by atoms with E-state index in [1.54, 1.807) is 0 Å². The van der Waals surface area contributed by atoms with Gasteiger partial charge >= 0.3 is 22.4 Å². The molecule has 4 aromatic carbocycles. The molecule has 7 nitrogen and oxygen atoms in total. The summed E-state index contributed by atoms with van der Waals surface area (Å²) in [6.07, 6.45) is 0. The number of nitrogens with zero attached hydrogens (tertiary/aromatic N) is 3. The van der Waals surface area contributed by atoms with Gasteiger partial charge in [-0.3, -0.25) is 5.73 Å². The Bertz CT molecular complexity index is 1230. The summed E-state index contributed by atoms with van der Waals surface area (Å²) >= 11 is 0. The van der Waals surface area contributed by atoms with Crippen LogP contribution in [0.1, 0.15) is 0 Å². The SMILES string of the molecule is Cn1c([NH-])[n+](C)c2ccccc21.O=[N+]([O-])[O-].[Au+].c1ccc([PH+](c2ccccc2)c2ccccc2)cc1. The van der Waals surface area contributed by atoms with Gasteiger partial charge in [0.1, 0.15) is 15.9 Å². The molecule has 0 atom stereocenters. The minimum absolute atomic E-state index is 0. The molecule has 0 bridgehead atoms. The van der Waals surface area contributed by atoms with E-state index in [4.69, 9.17) is 21.1 Å². The molecule has 1 N–H and O–H groups in total. The standard InChI is InChI=1S/C18H15P.C9H11N3.Au.NO3/c1-4-10-16(11-5-1)19(17-12-6-2-7-13-17)18-14-8-3-9-15-18;1-11-7-5-3-4-6-8(7)12(2)9(11)10;;2-1(3)4/h1-15H;3-6,10H,1-2H3;;/q;;+1;-1/p+1. The number of imidazole rings is 1. The van der Waals surface area contributed by atoms with Crippen LogP contribution in [0, 0.1) is 15.3 Å². The van der Waals surface area contributed by atoms with Gasteiger partial charge < -0.3 is 24.5 Å². The maximum Gasteiger partial charge on any atom is 1.00 e. The molecule has 0 aliphatic rings. The maximum absolute atomic E-state index is 8.25. The molecular formula is C27H27AuN4O3P+. The fraction of sp³-hybridized carbons (Fsp3) is 0.0741. The van der Waals surface area contributed by atoms with Crippen LogP contribution in [0.25, 0.3) is 16.8 Å². The van der Waals surface area contributed by atoms with Crippen molar-refractivity contribution in [1.29, 1.82) is 0 Å². The third-order valence-corrected chi connectivity index (χ3v) is 8.16. The smallest absolute Gasteiger partial charge is 0.356 e. The van der Waals surface area contributed by atoms with Gasteiger partial charge in [0.05, 0.1) is 24.0 Å². The van der Waals surface area contributed by atoms with Crippen LogP contribution in [0.4, 0.5) is 5.95 Å². The van der Waals surface area contributed by atoms with Crippen LogP contribution in [0.15, 0.2) is 115 Å². The molecule has 1 aromatic heterocycles. The van der Waals surface area contributed by atoms with E-state index in [0.717, 1.165) is 11.0 Å². The van der Waals surface area contributed by atoms with Crippen LogP contribution < -0.4 is 20.5 Å². The van der Waals surface area contributed by atoms with E-state index in [-0.39, 0.29) is 22.4 Å². The first kappa shape index (κ1) is 28.8. The monoisotopic (exact) mass is 683 g/mol. The number of para-hydroxylation sites is 2. The fourth-order valence-corrected chi connectivity index (χ4v) is 6.38. The Morgan fingerprint density at radius 3 is 1.42 bits per heavy atom. The number of nitrogens with one attached hydrogen (secondary N) is 1. The van der Waals surface area contributed by atoms with Crippen molar-refractivity contribution in [2.24, 2.45) is 14.1 Å². The molecular weight excluding hydrogens is 656 g/mol. The second kappa shape index (κ2) is 14.2. The Hall–Kier alpha value is -3.48. The van der Waals surface area contributed by atoms with Gasteiger partial charge in [-0.1, -0.05) is 66.7 Å². The van der Waals surface area contributed by atoms with E-state index in [1.807, 2.05) is 47.5 Å². The Morgan fingerprint density at radius 2 is 1.06 bits per heavy atom. The average Bonchev–Trinajstić information content (AvgIpc) is 3.10. The van der Waals surface area contributed by atoms with Crippen LogP contribution in [-0.2, 0) is 36.5 Å². The molecule has 5 rings (SSSR count). The summed E-state index contributed by atoms with van der Waals surface area (Å²) in [4.78, 5) is 8.25. The molecule has 1 heterocycles. The predicted molar refractivity (Wildman–Crippen MR) is 145 cm³/mol. The quantitative estimate of drug-likeness (QED) is 0.0913. The zero-order valence-corrected chi connectivity index (χ0v) is 23.0. The molecule has 0 unspecified atom stereocenters. The average molecular weight is 683 g/mol. The van der Waals surface area contributed by atoms with Crippen molar-refractivity contribution < 1.29 is 32.0 Å². The number of benzene rings is 4. The van der Waals surface area contributed by atoms with Gasteiger partial charge in [0.25, 0.3) is 0 Å². The molecule has 36 heavy (non-hydrogen) atoms. The van der Waals surface area contributed by atoms with Crippen LogP contribution >= 0.6 is 7.92 Å². The van der Waals surface area contributed by atoms with Crippen LogP contribution in [0.2, 0.25) is 0 Å². The third kappa shape index (κ3) is 7.51. The Labute approximate surface area is 227 Å². The summed E-state index contributed by atoms with van der Waals surface area (Å²) in [5, 5.41) is 19.1. The number of fused-ring (bicyclic) bond motifs is 1. The van der Waals surface area contributed by atoms with Gasteiger partial charge in [-0.05, 0) is 48.5 Å². The summed E-state index contributed by atoms with van der Waals surface area (Å²) in [6.45, 7) is 0. The zero-order valence-electron chi connectivity index (χ0n) is 19.8. The molecule has 5 aromatic rings. The van der Waals surface area contributed by atoms with E-state index in [1.165, 1.54) is 15.9 Å². The van der Waals surface area contributed by atoms with E-state index >= 15 is 0 Å². The first-order chi connectivity index (χ1) is 16.9. The largest absolute Gasteiger partial charge is 1.00 e. The van der Waals surface area contributed by atoms with Gasteiger partial charge in [0, 0.05) is 14.1 Å². The number of hydrogen-bond acceptors (Lipinski definition) is 3. The van der Waals surface area contributed by atoms with Crippen molar-refractivity contribution >= 4 is 40.8 Å². The molecule has 0 radical (unpaired) electrons. The molecule has 0 aliphatic heterocycles. The van der Waals surface area contributed by atoms with Crippen molar-refractivity contribution in [3.05, 3.63) is 136 Å². The topological polar surface area (TPSA) is 98.8 Å². The molecule has 9 heteroatoms. The number of rotatable bonds is 3. The normalized spacial score (nSPS) is 9.86. The Balaban J connectivity index is 0.000000231. The summed E-state index contributed by atoms with van der Waals surface area (Å²) in [5.41, 5.74) is 9.90. The second-order valence-corrected chi connectivity index (χ2v) is 10.1. The first-order valence-electron chi connectivity index (χ1n) is 10.9. The van der Waals surface area contributed by atoms with E-state index in [9.17, 15) is 0 Å². The molecule has 0 spiro atoms. The number of aromatic nitrogens is 2. The van der Waals surface area contributed by atoms with Crippen molar-refractivity contribution in [2.75, 3.05) is 0 Å². The molecule has 0 fully saturated rings. The molecule has 0 amide bonds. The van der Waals surface area contributed by atoms with E-state index < -0.39 is 13.0 Å². The summed E-state index contributed by atoms with van der Waals surface area (Å²) < 4.78 is 3.74. The second-order valence-electron chi connectivity index (χ2n) is 7.63. The van der Waals surface area contributed by atoms with Gasteiger partial charge in [0.2, 0.25) is 5.95 Å². The summed E-state index contributed by atoms with van der Waals surface area (Å²) in [5.74, 6) is 0.524. The maximum atomic E-state index is 8.25. The Morgan fingerprint density at radius 1 is 0.722 bits per heavy atom. The van der Waals surface area contributed by atoms with Crippen LogP contribution in [0.5, 0.6) is 0 Å². The van der Waals surface area contributed by atoms with Crippen LogP contribution in [-0.4, -0.2) is 9.65 Å². The molecule has 0 saturated carbocycles. The van der Waals surface area contributed by atoms with Crippen molar-refractivity contribution in [3.8, 4) is 0 Å².